The predicted octanol–water partition coefficient (Wildman–Crippen LogP) is 4.05. The second-order valence-corrected chi connectivity index (χ2v) is 7.14. The number of aromatic nitrogens is 2. The molecule has 2 heterocycles. The lowest BCUT2D eigenvalue weighted by Gasteiger charge is -2.18. The normalized spacial score (nSPS) is 10.8. The van der Waals surface area contributed by atoms with E-state index in [2.05, 4.69) is 9.97 Å². The Bertz CT molecular complexity index is 1180. The van der Waals surface area contributed by atoms with Gasteiger partial charge >= 0.3 is 0 Å². The van der Waals surface area contributed by atoms with Gasteiger partial charge in [0.25, 0.3) is 11.5 Å². The Balaban J connectivity index is 1.57. The smallest absolute Gasteiger partial charge is 0.268 e. The molecule has 0 fully saturated rings. The number of H-pyrrole nitrogens is 1. The third-order valence-electron chi connectivity index (χ3n) is 4.19. The summed E-state index contributed by atoms with van der Waals surface area (Å²) >= 11 is 1.34. The van der Waals surface area contributed by atoms with E-state index in [9.17, 15) is 9.59 Å². The Kier molecular flexibility index (Phi) is 4.90. The number of thiophene rings is 1. The van der Waals surface area contributed by atoms with E-state index >= 15 is 0 Å². The highest BCUT2D eigenvalue weighted by Crippen LogP contribution is 2.26. The highest BCUT2D eigenvalue weighted by atomic mass is 32.1. The molecule has 0 unspecified atom stereocenters. The molecule has 1 amide bonds. The Hall–Kier alpha value is -3.45. The number of fused-ring (bicyclic) bond motifs is 1. The van der Waals surface area contributed by atoms with Crippen molar-refractivity contribution < 1.29 is 9.53 Å². The van der Waals surface area contributed by atoms with Crippen LogP contribution in [-0.4, -0.2) is 27.8 Å². The number of carbonyl (C=O) groups is 1. The van der Waals surface area contributed by atoms with Crippen LogP contribution in [0.4, 0.5) is 0 Å². The third-order valence-corrected chi connectivity index (χ3v) is 5.09. The van der Waals surface area contributed by atoms with Gasteiger partial charge in [-0.15, -0.1) is 11.3 Å². The first kappa shape index (κ1) is 17.9. The van der Waals surface area contributed by atoms with Crippen LogP contribution in [0.5, 0.6) is 11.5 Å². The van der Waals surface area contributed by atoms with Gasteiger partial charge in [-0.25, -0.2) is 4.98 Å². The summed E-state index contributed by atoms with van der Waals surface area (Å²) in [6, 6.07) is 18.2. The molecule has 2 aromatic carbocycles. The molecule has 7 heteroatoms. The maximum absolute atomic E-state index is 13.0. The minimum Gasteiger partial charge on any atom is -0.457 e. The van der Waals surface area contributed by atoms with Gasteiger partial charge in [0.1, 0.15) is 22.0 Å². The summed E-state index contributed by atoms with van der Waals surface area (Å²) in [7, 11) is 1.67. The van der Waals surface area contributed by atoms with E-state index in [1.54, 1.807) is 31.3 Å². The minimum absolute atomic E-state index is 0.180. The zero-order valence-electron chi connectivity index (χ0n) is 15.1. The van der Waals surface area contributed by atoms with Crippen molar-refractivity contribution in [2.75, 3.05) is 7.05 Å². The number of amides is 1. The van der Waals surface area contributed by atoms with Crippen molar-refractivity contribution in [2.45, 2.75) is 6.54 Å². The number of aromatic amines is 1. The van der Waals surface area contributed by atoms with Gasteiger partial charge in [0, 0.05) is 7.05 Å². The second-order valence-electron chi connectivity index (χ2n) is 6.22. The van der Waals surface area contributed by atoms with Crippen molar-refractivity contribution >= 4 is 27.5 Å². The average molecular weight is 391 g/mol. The van der Waals surface area contributed by atoms with E-state index in [-0.39, 0.29) is 18.0 Å². The van der Waals surface area contributed by atoms with Crippen LogP contribution in [0, 0.1) is 0 Å². The molecule has 0 atom stereocenters. The van der Waals surface area contributed by atoms with Gasteiger partial charge in [-0.05, 0) is 35.7 Å². The summed E-state index contributed by atoms with van der Waals surface area (Å²) in [6.45, 7) is 0.180. The van der Waals surface area contributed by atoms with Crippen molar-refractivity contribution in [3.63, 3.8) is 0 Å². The molecule has 4 aromatic rings. The molecular weight excluding hydrogens is 374 g/mol. The molecule has 0 saturated heterocycles. The molecule has 2 aromatic heterocycles. The molecule has 1 N–H and O–H groups in total. The van der Waals surface area contributed by atoms with Gasteiger partial charge in [0.2, 0.25) is 0 Å². The molecule has 4 rings (SSSR count). The third kappa shape index (κ3) is 3.65. The zero-order valence-corrected chi connectivity index (χ0v) is 15.9. The van der Waals surface area contributed by atoms with E-state index in [0.717, 1.165) is 0 Å². The molecule has 0 bridgehead atoms. The Morgan fingerprint density at radius 1 is 1.11 bits per heavy atom. The van der Waals surface area contributed by atoms with Crippen molar-refractivity contribution in [3.05, 3.63) is 87.8 Å². The zero-order chi connectivity index (χ0) is 19.5. The fraction of sp³-hybridized carbons (Fsp3) is 0.0952. The molecule has 0 aliphatic rings. The van der Waals surface area contributed by atoms with Crippen molar-refractivity contribution in [2.24, 2.45) is 0 Å². The van der Waals surface area contributed by atoms with Crippen molar-refractivity contribution in [1.29, 1.82) is 0 Å². The first-order chi connectivity index (χ1) is 13.6. The predicted molar refractivity (Wildman–Crippen MR) is 109 cm³/mol. The van der Waals surface area contributed by atoms with Crippen LogP contribution in [-0.2, 0) is 6.54 Å². The first-order valence-electron chi connectivity index (χ1n) is 8.65. The number of para-hydroxylation sites is 2. The summed E-state index contributed by atoms with van der Waals surface area (Å²) in [5, 5.41) is 1.82. The molecule has 28 heavy (non-hydrogen) atoms. The number of ether oxygens (including phenoxy) is 1. The molecule has 0 aliphatic carbocycles. The summed E-state index contributed by atoms with van der Waals surface area (Å²) < 4.78 is 6.46. The molecule has 0 radical (unpaired) electrons. The highest BCUT2D eigenvalue weighted by molar-refractivity contribution is 7.17. The lowest BCUT2D eigenvalue weighted by Crippen LogP contribution is -2.28. The van der Waals surface area contributed by atoms with Crippen LogP contribution in [0.1, 0.15) is 16.2 Å². The van der Waals surface area contributed by atoms with E-state index in [1.807, 2.05) is 41.8 Å². The largest absolute Gasteiger partial charge is 0.457 e. The Morgan fingerprint density at radius 2 is 1.86 bits per heavy atom. The van der Waals surface area contributed by atoms with Crippen LogP contribution in [0.15, 0.2) is 70.8 Å². The number of rotatable bonds is 5. The number of benzene rings is 2. The fourth-order valence-corrected chi connectivity index (χ4v) is 3.57. The first-order valence-corrected chi connectivity index (χ1v) is 9.53. The van der Waals surface area contributed by atoms with Crippen LogP contribution in [0.2, 0.25) is 0 Å². The van der Waals surface area contributed by atoms with E-state index in [4.69, 9.17) is 4.74 Å². The Morgan fingerprint density at radius 3 is 2.68 bits per heavy atom. The number of nitrogens with zero attached hydrogens (tertiary/aromatic N) is 2. The van der Waals surface area contributed by atoms with E-state index in [0.29, 0.717) is 33.1 Å². The van der Waals surface area contributed by atoms with Gasteiger partial charge in [-0.3, -0.25) is 9.59 Å². The summed E-state index contributed by atoms with van der Waals surface area (Å²) in [4.78, 5) is 33.8. The summed E-state index contributed by atoms with van der Waals surface area (Å²) in [5.74, 6) is 1.34. The maximum Gasteiger partial charge on any atom is 0.268 e. The monoisotopic (exact) mass is 391 g/mol. The highest BCUT2D eigenvalue weighted by Gasteiger charge is 2.18. The number of nitrogens with one attached hydrogen (secondary N) is 1. The van der Waals surface area contributed by atoms with Gasteiger partial charge in [0.05, 0.1) is 17.6 Å². The summed E-state index contributed by atoms with van der Waals surface area (Å²) in [6.07, 6.45) is 0. The molecule has 140 valence electrons. The SMILES string of the molecule is CN(Cc1nc2ccsc2c(=O)[nH]1)C(=O)c1ccccc1Oc1ccccc1. The number of carbonyl (C=O) groups excluding carboxylic acids is 1. The van der Waals surface area contributed by atoms with Gasteiger partial charge in [-0.2, -0.15) is 0 Å². The standard InChI is InChI=1S/C21H17N3O3S/c1-24(13-18-22-16-11-12-28-19(16)20(25)23-18)21(26)15-9-5-6-10-17(15)27-14-7-3-2-4-8-14/h2-12H,13H2,1H3,(H,22,23,25). The quantitative estimate of drug-likeness (QED) is 0.557. The van der Waals surface area contributed by atoms with Crippen LogP contribution in [0.25, 0.3) is 10.2 Å². The maximum atomic E-state index is 13.0. The van der Waals surface area contributed by atoms with E-state index < -0.39 is 0 Å². The molecular formula is C21H17N3O3S. The van der Waals surface area contributed by atoms with E-state index in [1.165, 1.54) is 16.2 Å². The lowest BCUT2D eigenvalue weighted by atomic mass is 10.1. The Labute approximate surface area is 165 Å². The lowest BCUT2D eigenvalue weighted by molar-refractivity contribution is 0.0779. The van der Waals surface area contributed by atoms with Crippen molar-refractivity contribution in [3.8, 4) is 11.5 Å². The molecule has 0 saturated carbocycles. The average Bonchev–Trinajstić information content (AvgIpc) is 3.18. The second kappa shape index (κ2) is 7.66. The topological polar surface area (TPSA) is 75.3 Å². The number of hydrogen-bond donors (Lipinski definition) is 1. The molecule has 0 aliphatic heterocycles. The van der Waals surface area contributed by atoms with Crippen LogP contribution < -0.4 is 10.3 Å². The van der Waals surface area contributed by atoms with Gasteiger partial charge < -0.3 is 14.6 Å². The molecule has 6 nitrogen and oxygen atoms in total. The fourth-order valence-electron chi connectivity index (χ4n) is 2.85. The van der Waals surface area contributed by atoms with Gasteiger partial charge in [-0.1, -0.05) is 30.3 Å². The van der Waals surface area contributed by atoms with Crippen LogP contribution in [0.3, 0.4) is 0 Å². The van der Waals surface area contributed by atoms with Crippen molar-refractivity contribution in [1.82, 2.24) is 14.9 Å². The minimum atomic E-state index is -0.223. The number of hydrogen-bond acceptors (Lipinski definition) is 5. The van der Waals surface area contributed by atoms with Gasteiger partial charge in [0.15, 0.2) is 0 Å². The summed E-state index contributed by atoms with van der Waals surface area (Å²) in [5.41, 5.74) is 0.883. The molecule has 0 spiro atoms. The van der Waals surface area contributed by atoms with Crippen LogP contribution >= 0.6 is 11.3 Å².